The Kier molecular flexibility index (Phi) is 8.00. The van der Waals surface area contributed by atoms with Crippen molar-refractivity contribution >= 4 is 15.9 Å². The van der Waals surface area contributed by atoms with E-state index in [1.54, 1.807) is 5.57 Å². The third kappa shape index (κ3) is 4.64. The molecule has 2 aliphatic carbocycles. The summed E-state index contributed by atoms with van der Waals surface area (Å²) >= 11 is 3.60. The largest absolute Gasteiger partial charge is 0.392 e. The zero-order valence-electron chi connectivity index (χ0n) is 17.2. The summed E-state index contributed by atoms with van der Waals surface area (Å²) in [5.74, 6) is 2.38. The highest BCUT2D eigenvalue weighted by atomic mass is 79.9. The first-order valence-electron chi connectivity index (χ1n) is 10.5. The summed E-state index contributed by atoms with van der Waals surface area (Å²) in [4.78, 5) is 2.18. The second-order valence-corrected chi connectivity index (χ2v) is 10.1. The lowest BCUT2D eigenvalue weighted by atomic mass is 9.61. The third-order valence-electron chi connectivity index (χ3n) is 7.40. The van der Waals surface area contributed by atoms with E-state index in [2.05, 4.69) is 55.2 Å². The minimum Gasteiger partial charge on any atom is -0.392 e. The van der Waals surface area contributed by atoms with Crippen LogP contribution in [0.4, 0.5) is 0 Å². The average Bonchev–Trinajstić information content (AvgIpc) is 2.95. The standard InChI is InChI=1S/C23H39BrO2/c1-15(2)11-19(17(4)14-25)22(26)12-16(3)20-8-9-21-18(13-24)7-6-10-23(20,21)5/h13,15-16,19-22,25-26H,4,6-12,14H2,1-3,5H3/t16-,19-,20-,21+,22-,23-/m1/s1. The number of hydrogen-bond acceptors (Lipinski definition) is 2. The van der Waals surface area contributed by atoms with Gasteiger partial charge in [-0.2, -0.15) is 0 Å². The van der Waals surface area contributed by atoms with Crippen molar-refractivity contribution in [3.05, 3.63) is 22.7 Å². The van der Waals surface area contributed by atoms with E-state index in [4.69, 9.17) is 0 Å². The molecule has 2 rings (SSSR count). The van der Waals surface area contributed by atoms with Gasteiger partial charge in [-0.3, -0.25) is 0 Å². The van der Waals surface area contributed by atoms with E-state index >= 15 is 0 Å². The lowest BCUT2D eigenvalue weighted by molar-refractivity contribution is 0.0409. The van der Waals surface area contributed by atoms with Crippen LogP contribution in [0.25, 0.3) is 0 Å². The number of aliphatic hydroxyl groups excluding tert-OH is 2. The topological polar surface area (TPSA) is 40.5 Å². The Morgan fingerprint density at radius 3 is 2.58 bits per heavy atom. The maximum Gasteiger partial charge on any atom is 0.0642 e. The molecule has 2 N–H and O–H groups in total. The van der Waals surface area contributed by atoms with Crippen molar-refractivity contribution in [2.24, 2.45) is 35.0 Å². The van der Waals surface area contributed by atoms with Crippen LogP contribution in [0, 0.1) is 35.0 Å². The van der Waals surface area contributed by atoms with Crippen LogP contribution in [0.2, 0.25) is 0 Å². The Labute approximate surface area is 169 Å². The van der Waals surface area contributed by atoms with Crippen LogP contribution in [0.3, 0.4) is 0 Å². The zero-order chi connectivity index (χ0) is 19.5. The van der Waals surface area contributed by atoms with Gasteiger partial charge in [0.2, 0.25) is 0 Å². The van der Waals surface area contributed by atoms with E-state index in [9.17, 15) is 10.2 Å². The van der Waals surface area contributed by atoms with Crippen molar-refractivity contribution in [2.45, 2.75) is 78.7 Å². The second-order valence-electron chi connectivity index (χ2n) is 9.61. The molecule has 26 heavy (non-hydrogen) atoms. The average molecular weight is 427 g/mol. The van der Waals surface area contributed by atoms with Gasteiger partial charge in [-0.15, -0.1) is 0 Å². The maximum absolute atomic E-state index is 11.0. The minimum atomic E-state index is -0.399. The van der Waals surface area contributed by atoms with E-state index in [0.29, 0.717) is 29.1 Å². The van der Waals surface area contributed by atoms with E-state index in [1.807, 2.05) is 0 Å². The summed E-state index contributed by atoms with van der Waals surface area (Å²) in [6.07, 6.45) is 7.71. The van der Waals surface area contributed by atoms with Crippen LogP contribution in [0.1, 0.15) is 72.6 Å². The van der Waals surface area contributed by atoms with E-state index in [0.717, 1.165) is 18.4 Å². The second kappa shape index (κ2) is 9.39. The molecule has 0 aromatic carbocycles. The highest BCUT2D eigenvalue weighted by Crippen LogP contribution is 2.60. The van der Waals surface area contributed by atoms with Gasteiger partial charge in [0, 0.05) is 5.92 Å². The minimum absolute atomic E-state index is 0.0109. The summed E-state index contributed by atoms with van der Waals surface area (Å²) in [6, 6.07) is 0. The molecule has 0 aromatic rings. The van der Waals surface area contributed by atoms with Crippen LogP contribution in [0.15, 0.2) is 22.7 Å². The van der Waals surface area contributed by atoms with Gasteiger partial charge in [0.1, 0.15) is 0 Å². The molecular weight excluding hydrogens is 388 g/mol. The summed E-state index contributed by atoms with van der Waals surface area (Å²) in [6.45, 7) is 13.2. The van der Waals surface area contributed by atoms with Gasteiger partial charge in [0.15, 0.2) is 0 Å². The molecular formula is C23H39BrO2. The fourth-order valence-electron chi connectivity index (χ4n) is 6.08. The molecule has 0 radical (unpaired) electrons. The first kappa shape index (κ1) is 22.2. The molecule has 0 spiro atoms. The van der Waals surface area contributed by atoms with Crippen LogP contribution < -0.4 is 0 Å². The molecule has 0 aliphatic heterocycles. The van der Waals surface area contributed by atoms with Gasteiger partial charge >= 0.3 is 0 Å². The number of rotatable bonds is 8. The molecule has 2 fully saturated rings. The van der Waals surface area contributed by atoms with Crippen molar-refractivity contribution in [2.75, 3.05) is 6.61 Å². The summed E-state index contributed by atoms with van der Waals surface area (Å²) in [5.41, 5.74) is 2.76. The highest BCUT2D eigenvalue weighted by molar-refractivity contribution is 9.11. The monoisotopic (exact) mass is 426 g/mol. The highest BCUT2D eigenvalue weighted by Gasteiger charge is 2.50. The molecule has 0 bridgehead atoms. The number of halogens is 1. The fourth-order valence-corrected chi connectivity index (χ4v) is 6.62. The maximum atomic E-state index is 11.0. The molecule has 0 amide bonds. The first-order chi connectivity index (χ1) is 12.2. The quantitative estimate of drug-likeness (QED) is 0.461. The normalized spacial score (nSPS) is 33.9. The van der Waals surface area contributed by atoms with Crippen LogP contribution >= 0.6 is 15.9 Å². The first-order valence-corrected chi connectivity index (χ1v) is 11.4. The van der Waals surface area contributed by atoms with Crippen molar-refractivity contribution < 1.29 is 10.2 Å². The molecule has 0 saturated heterocycles. The predicted molar refractivity (Wildman–Crippen MR) is 114 cm³/mol. The zero-order valence-corrected chi connectivity index (χ0v) is 18.8. The summed E-state index contributed by atoms with van der Waals surface area (Å²) in [7, 11) is 0. The van der Waals surface area contributed by atoms with Crippen molar-refractivity contribution in [1.82, 2.24) is 0 Å². The molecule has 2 nitrogen and oxygen atoms in total. The summed E-state index contributed by atoms with van der Waals surface area (Å²) in [5, 5.41) is 20.5. The van der Waals surface area contributed by atoms with E-state index < -0.39 is 6.10 Å². The van der Waals surface area contributed by atoms with Gasteiger partial charge < -0.3 is 10.2 Å². The Morgan fingerprint density at radius 2 is 2.00 bits per heavy atom. The molecule has 0 aromatic heterocycles. The van der Waals surface area contributed by atoms with Crippen LogP contribution in [-0.2, 0) is 0 Å². The molecule has 3 heteroatoms. The molecule has 0 unspecified atom stereocenters. The van der Waals surface area contributed by atoms with Gasteiger partial charge in [0.05, 0.1) is 12.7 Å². The lowest BCUT2D eigenvalue weighted by Crippen LogP contribution is -2.37. The van der Waals surface area contributed by atoms with Gasteiger partial charge in [0.25, 0.3) is 0 Å². The summed E-state index contributed by atoms with van der Waals surface area (Å²) < 4.78 is 0. The van der Waals surface area contributed by atoms with Crippen molar-refractivity contribution in [1.29, 1.82) is 0 Å². The Hall–Kier alpha value is -0.120. The van der Waals surface area contributed by atoms with Gasteiger partial charge in [-0.05, 0) is 84.6 Å². The smallest absolute Gasteiger partial charge is 0.0642 e. The third-order valence-corrected chi connectivity index (χ3v) is 7.98. The molecule has 2 aliphatic rings. The lowest BCUT2D eigenvalue weighted by Gasteiger charge is -2.45. The number of aliphatic hydroxyl groups is 2. The van der Waals surface area contributed by atoms with Crippen molar-refractivity contribution in [3.63, 3.8) is 0 Å². The van der Waals surface area contributed by atoms with E-state index in [1.165, 1.54) is 32.1 Å². The molecule has 150 valence electrons. The van der Waals surface area contributed by atoms with E-state index in [-0.39, 0.29) is 12.5 Å². The van der Waals surface area contributed by atoms with Crippen LogP contribution in [-0.4, -0.2) is 22.9 Å². The van der Waals surface area contributed by atoms with Gasteiger partial charge in [-0.1, -0.05) is 55.8 Å². The van der Waals surface area contributed by atoms with Crippen molar-refractivity contribution in [3.8, 4) is 0 Å². The molecule has 2 saturated carbocycles. The Morgan fingerprint density at radius 1 is 1.31 bits per heavy atom. The number of hydrogen-bond donors (Lipinski definition) is 2. The SMILES string of the molecule is C=C(CO)[C@@H](CC(C)C)[C@H](O)C[C@@H](C)[C@H]1CC[C@H]2C(=CBr)CCC[C@]12C. The number of allylic oxidation sites excluding steroid dienone is 1. The van der Waals surface area contributed by atoms with Crippen LogP contribution in [0.5, 0.6) is 0 Å². The molecule has 0 heterocycles. The Balaban J connectivity index is 2.08. The fraction of sp³-hybridized carbons (Fsp3) is 0.826. The molecule has 6 atom stereocenters. The van der Waals surface area contributed by atoms with Gasteiger partial charge in [-0.25, -0.2) is 0 Å². The Bertz CT molecular complexity index is 512. The predicted octanol–water partition coefficient (Wildman–Crippen LogP) is 6.08. The number of fused-ring (bicyclic) bond motifs is 1.